The van der Waals surface area contributed by atoms with Crippen molar-refractivity contribution in [1.82, 2.24) is 0 Å². The molecule has 4 nitrogen and oxygen atoms in total. The lowest BCUT2D eigenvalue weighted by Crippen LogP contribution is -2.18. The third kappa shape index (κ3) is 4.63. The first-order valence-electron chi connectivity index (χ1n) is 6.40. The Balaban J connectivity index is 2.90. The fourth-order valence-electron chi connectivity index (χ4n) is 1.84. The van der Waals surface area contributed by atoms with Gasteiger partial charge in [-0.3, -0.25) is 0 Å². The van der Waals surface area contributed by atoms with Crippen molar-refractivity contribution in [2.45, 2.75) is 39.7 Å². The third-order valence-electron chi connectivity index (χ3n) is 2.91. The summed E-state index contributed by atoms with van der Waals surface area (Å²) in [5.74, 6) is -0.419. The summed E-state index contributed by atoms with van der Waals surface area (Å²) in [4.78, 5) is 11.2. The smallest absolute Gasteiger partial charge is 0.337 e. The summed E-state index contributed by atoms with van der Waals surface area (Å²) in [5, 5.41) is 12.7. The van der Waals surface area contributed by atoms with E-state index in [2.05, 4.69) is 19.2 Å². The lowest BCUT2D eigenvalue weighted by molar-refractivity contribution is 0.0698. The SMILES string of the molecule is CC(C)CCC(C)Nc1c(Cl)cc(N)cc1C(=O)O. The predicted octanol–water partition coefficient (Wildman–Crippen LogP) is 3.86. The van der Waals surface area contributed by atoms with Crippen molar-refractivity contribution < 1.29 is 9.90 Å². The quantitative estimate of drug-likeness (QED) is 0.694. The number of nitrogen functional groups attached to an aromatic ring is 1. The van der Waals surface area contributed by atoms with Gasteiger partial charge in [0, 0.05) is 11.7 Å². The molecule has 19 heavy (non-hydrogen) atoms. The number of hydrogen-bond donors (Lipinski definition) is 3. The number of nitrogens with one attached hydrogen (secondary N) is 1. The first-order valence-corrected chi connectivity index (χ1v) is 6.78. The molecule has 4 N–H and O–H groups in total. The number of nitrogens with two attached hydrogens (primary N) is 1. The Morgan fingerprint density at radius 1 is 1.37 bits per heavy atom. The van der Waals surface area contributed by atoms with E-state index in [1.165, 1.54) is 6.07 Å². The molecule has 0 amide bonds. The van der Waals surface area contributed by atoms with Gasteiger partial charge < -0.3 is 16.2 Å². The molecular formula is C14H21ClN2O2. The monoisotopic (exact) mass is 284 g/mol. The molecule has 1 aromatic rings. The van der Waals surface area contributed by atoms with E-state index in [1.54, 1.807) is 6.07 Å². The summed E-state index contributed by atoms with van der Waals surface area (Å²) in [7, 11) is 0. The minimum atomic E-state index is -1.03. The van der Waals surface area contributed by atoms with Gasteiger partial charge in [-0.2, -0.15) is 0 Å². The van der Waals surface area contributed by atoms with Crippen LogP contribution >= 0.6 is 11.6 Å². The molecule has 0 aliphatic carbocycles. The minimum Gasteiger partial charge on any atom is -0.478 e. The molecular weight excluding hydrogens is 264 g/mol. The number of aromatic carboxylic acids is 1. The fraction of sp³-hybridized carbons (Fsp3) is 0.500. The van der Waals surface area contributed by atoms with Crippen molar-refractivity contribution in [2.24, 2.45) is 5.92 Å². The fourth-order valence-corrected chi connectivity index (χ4v) is 2.13. The van der Waals surface area contributed by atoms with E-state index < -0.39 is 5.97 Å². The summed E-state index contributed by atoms with van der Waals surface area (Å²) in [6.07, 6.45) is 2.03. The van der Waals surface area contributed by atoms with Gasteiger partial charge in [-0.1, -0.05) is 25.4 Å². The second-order valence-corrected chi connectivity index (χ2v) is 5.65. The largest absolute Gasteiger partial charge is 0.478 e. The van der Waals surface area contributed by atoms with Crippen molar-refractivity contribution in [3.05, 3.63) is 22.7 Å². The zero-order valence-corrected chi connectivity index (χ0v) is 12.3. The van der Waals surface area contributed by atoms with Crippen LogP contribution in [0.3, 0.4) is 0 Å². The third-order valence-corrected chi connectivity index (χ3v) is 3.21. The van der Waals surface area contributed by atoms with E-state index >= 15 is 0 Å². The van der Waals surface area contributed by atoms with Gasteiger partial charge in [0.2, 0.25) is 0 Å². The number of hydrogen-bond acceptors (Lipinski definition) is 3. The average molecular weight is 285 g/mol. The molecule has 0 fully saturated rings. The molecule has 0 aliphatic rings. The molecule has 0 aliphatic heterocycles. The minimum absolute atomic E-state index is 0.112. The standard InChI is InChI=1S/C14H21ClN2O2/c1-8(2)4-5-9(3)17-13-11(14(18)19)6-10(16)7-12(13)15/h6-9,17H,4-5,16H2,1-3H3,(H,18,19). The number of halogens is 1. The van der Waals surface area contributed by atoms with Crippen LogP contribution in [0.4, 0.5) is 11.4 Å². The topological polar surface area (TPSA) is 75.3 Å². The van der Waals surface area contributed by atoms with E-state index in [9.17, 15) is 9.90 Å². The molecule has 0 saturated heterocycles. The number of carboxylic acids is 1. The molecule has 1 aromatic carbocycles. The highest BCUT2D eigenvalue weighted by molar-refractivity contribution is 6.34. The van der Waals surface area contributed by atoms with Crippen molar-refractivity contribution in [3.63, 3.8) is 0 Å². The highest BCUT2D eigenvalue weighted by Crippen LogP contribution is 2.30. The first-order chi connectivity index (χ1) is 8.81. The van der Waals surface area contributed by atoms with Crippen molar-refractivity contribution in [1.29, 1.82) is 0 Å². The number of anilines is 2. The number of rotatable bonds is 6. The van der Waals surface area contributed by atoms with Crippen LogP contribution in [0.1, 0.15) is 44.0 Å². The normalized spacial score (nSPS) is 12.5. The van der Waals surface area contributed by atoms with Crippen molar-refractivity contribution >= 4 is 28.9 Å². The summed E-state index contributed by atoms with van der Waals surface area (Å²) in [6, 6.07) is 3.14. The maximum Gasteiger partial charge on any atom is 0.337 e. The van der Waals surface area contributed by atoms with Gasteiger partial charge in [-0.05, 0) is 37.8 Å². The van der Waals surface area contributed by atoms with Crippen LogP contribution in [0, 0.1) is 5.92 Å². The summed E-state index contributed by atoms with van der Waals surface area (Å²) in [6.45, 7) is 6.33. The summed E-state index contributed by atoms with van der Waals surface area (Å²) < 4.78 is 0. The van der Waals surface area contributed by atoms with Gasteiger partial charge in [0.15, 0.2) is 0 Å². The molecule has 0 heterocycles. The molecule has 1 rings (SSSR count). The predicted molar refractivity (Wildman–Crippen MR) is 80.0 cm³/mol. The van der Waals surface area contributed by atoms with Gasteiger partial charge in [-0.25, -0.2) is 4.79 Å². The highest BCUT2D eigenvalue weighted by atomic mass is 35.5. The van der Waals surface area contributed by atoms with Crippen LogP contribution < -0.4 is 11.1 Å². The van der Waals surface area contributed by atoms with Crippen molar-refractivity contribution in [3.8, 4) is 0 Å². The van der Waals surface area contributed by atoms with Gasteiger partial charge in [0.05, 0.1) is 16.3 Å². The molecule has 0 aromatic heterocycles. The van der Waals surface area contributed by atoms with Crippen LogP contribution in [-0.4, -0.2) is 17.1 Å². The maximum atomic E-state index is 11.2. The molecule has 106 valence electrons. The zero-order valence-electron chi connectivity index (χ0n) is 11.5. The van der Waals surface area contributed by atoms with Crippen LogP contribution in [0.15, 0.2) is 12.1 Å². The molecule has 0 saturated carbocycles. The Labute approximate surface area is 118 Å². The number of benzene rings is 1. The molecule has 1 unspecified atom stereocenters. The Hall–Kier alpha value is -1.42. The van der Waals surface area contributed by atoms with E-state index in [-0.39, 0.29) is 11.6 Å². The molecule has 1 atom stereocenters. The van der Waals surface area contributed by atoms with Crippen LogP contribution in [-0.2, 0) is 0 Å². The van der Waals surface area contributed by atoms with E-state index in [4.69, 9.17) is 17.3 Å². The van der Waals surface area contributed by atoms with Gasteiger partial charge >= 0.3 is 5.97 Å². The van der Waals surface area contributed by atoms with Gasteiger partial charge in [0.1, 0.15) is 0 Å². The maximum absolute atomic E-state index is 11.2. The van der Waals surface area contributed by atoms with Gasteiger partial charge in [-0.15, -0.1) is 0 Å². The average Bonchev–Trinajstić information content (AvgIpc) is 2.29. The lowest BCUT2D eigenvalue weighted by Gasteiger charge is -2.19. The highest BCUT2D eigenvalue weighted by Gasteiger charge is 2.16. The zero-order chi connectivity index (χ0) is 14.6. The van der Waals surface area contributed by atoms with E-state index in [0.717, 1.165) is 12.8 Å². The van der Waals surface area contributed by atoms with E-state index in [0.29, 0.717) is 22.3 Å². The van der Waals surface area contributed by atoms with Crippen LogP contribution in [0.25, 0.3) is 0 Å². The Morgan fingerprint density at radius 3 is 2.53 bits per heavy atom. The molecule has 0 spiro atoms. The number of carboxylic acid groups (broad SMARTS) is 1. The molecule has 5 heteroatoms. The summed E-state index contributed by atoms with van der Waals surface area (Å²) >= 11 is 6.08. The second kappa shape index (κ2) is 6.66. The van der Waals surface area contributed by atoms with Crippen LogP contribution in [0.2, 0.25) is 5.02 Å². The Kier molecular flexibility index (Phi) is 5.48. The summed E-state index contributed by atoms with van der Waals surface area (Å²) in [5.41, 5.74) is 6.53. The lowest BCUT2D eigenvalue weighted by atomic mass is 10.0. The first kappa shape index (κ1) is 15.6. The second-order valence-electron chi connectivity index (χ2n) is 5.25. The molecule has 0 radical (unpaired) electrons. The molecule has 0 bridgehead atoms. The van der Waals surface area contributed by atoms with Crippen molar-refractivity contribution in [2.75, 3.05) is 11.1 Å². The Morgan fingerprint density at radius 2 is 2.00 bits per heavy atom. The van der Waals surface area contributed by atoms with Gasteiger partial charge in [0.25, 0.3) is 0 Å². The Bertz CT molecular complexity index is 461. The number of carbonyl (C=O) groups is 1. The van der Waals surface area contributed by atoms with Crippen LogP contribution in [0.5, 0.6) is 0 Å². The van der Waals surface area contributed by atoms with E-state index in [1.807, 2.05) is 6.92 Å².